The lowest BCUT2D eigenvalue weighted by atomic mass is 9.69. The molecule has 2 N–H and O–H groups in total. The largest absolute Gasteiger partial charge is 0.481 e. The normalized spacial score (nSPS) is 14.3. The van der Waals surface area contributed by atoms with E-state index in [1.165, 1.54) is 12.1 Å². The number of carboxylic acid groups (broad SMARTS) is 1. The zero-order valence-corrected chi connectivity index (χ0v) is 17.4. The third-order valence-electron chi connectivity index (χ3n) is 5.78. The van der Waals surface area contributed by atoms with Crippen molar-refractivity contribution in [2.75, 3.05) is 11.9 Å². The van der Waals surface area contributed by atoms with Crippen molar-refractivity contribution < 1.29 is 23.8 Å². The minimum atomic E-state index is -0.815. The van der Waals surface area contributed by atoms with Crippen LogP contribution in [0.4, 0.5) is 10.1 Å². The van der Waals surface area contributed by atoms with Crippen LogP contribution in [0, 0.1) is 11.2 Å². The highest BCUT2D eigenvalue weighted by atomic mass is 19.1. The van der Waals surface area contributed by atoms with Crippen molar-refractivity contribution in [3.05, 3.63) is 78.2 Å². The van der Waals surface area contributed by atoms with Crippen LogP contribution in [0.1, 0.15) is 24.8 Å². The highest BCUT2D eigenvalue weighted by molar-refractivity contribution is 5.92. The van der Waals surface area contributed by atoms with Gasteiger partial charge in [0.25, 0.3) is 0 Å². The highest BCUT2D eigenvalue weighted by Crippen LogP contribution is 2.41. The summed E-state index contributed by atoms with van der Waals surface area (Å²) in [7, 11) is 0. The maximum absolute atomic E-state index is 13.0. The van der Waals surface area contributed by atoms with E-state index < -0.39 is 11.4 Å². The van der Waals surface area contributed by atoms with Gasteiger partial charge in [-0.2, -0.15) is 0 Å². The molecule has 164 valence electrons. The maximum atomic E-state index is 13.0. The molecule has 1 aliphatic rings. The minimum Gasteiger partial charge on any atom is -0.481 e. The van der Waals surface area contributed by atoms with Gasteiger partial charge in [0.2, 0.25) is 11.8 Å². The predicted octanol–water partition coefficient (Wildman–Crippen LogP) is 4.70. The number of pyridine rings is 1. The second-order valence-corrected chi connectivity index (χ2v) is 8.04. The van der Waals surface area contributed by atoms with Gasteiger partial charge in [0.1, 0.15) is 17.8 Å². The molecular weight excluding hydrogens is 411 g/mol. The molecule has 1 aromatic heterocycles. The molecule has 1 heterocycles. The van der Waals surface area contributed by atoms with E-state index in [9.17, 15) is 19.1 Å². The van der Waals surface area contributed by atoms with Gasteiger partial charge in [-0.3, -0.25) is 9.59 Å². The number of ether oxygens (including phenoxy) is 1. The summed E-state index contributed by atoms with van der Waals surface area (Å²) in [4.78, 5) is 27.9. The molecule has 7 heteroatoms. The number of rotatable bonds is 8. The lowest BCUT2D eigenvalue weighted by molar-refractivity contribution is -0.157. The van der Waals surface area contributed by atoms with Crippen LogP contribution in [0.3, 0.4) is 0 Å². The van der Waals surface area contributed by atoms with Crippen molar-refractivity contribution in [3.8, 4) is 17.0 Å². The molecule has 2 aromatic carbocycles. The van der Waals surface area contributed by atoms with Crippen LogP contribution in [0.2, 0.25) is 0 Å². The van der Waals surface area contributed by atoms with Crippen LogP contribution < -0.4 is 10.1 Å². The minimum absolute atomic E-state index is 0.126. The molecule has 0 unspecified atom stereocenters. The number of nitrogens with zero attached hydrogens (tertiary/aromatic N) is 1. The monoisotopic (exact) mass is 434 g/mol. The fraction of sp³-hybridized carbons (Fsp3) is 0.240. The molecule has 0 atom stereocenters. The number of halogens is 1. The van der Waals surface area contributed by atoms with Crippen LogP contribution in [0.25, 0.3) is 11.1 Å². The van der Waals surface area contributed by atoms with Crippen molar-refractivity contribution in [1.29, 1.82) is 0 Å². The molecule has 1 amide bonds. The molecule has 1 aliphatic carbocycles. The molecule has 0 saturated heterocycles. The number of hydrogen-bond donors (Lipinski definition) is 2. The van der Waals surface area contributed by atoms with Crippen molar-refractivity contribution >= 4 is 17.6 Å². The summed E-state index contributed by atoms with van der Waals surface area (Å²) < 4.78 is 18.6. The standard InChI is InChI=1S/C25H23FN2O4/c26-20-7-2-17(3-8-20)14-22(29)28-21-9-4-18(5-10-21)19-6-11-23(27-15-19)32-16-25(24(30)31)12-1-13-25/h2-11,15H,1,12-14,16H2,(H,28,29)(H,30,31). The zero-order chi connectivity index (χ0) is 22.6. The number of hydrogen-bond acceptors (Lipinski definition) is 4. The van der Waals surface area contributed by atoms with Gasteiger partial charge in [0.15, 0.2) is 0 Å². The maximum Gasteiger partial charge on any atom is 0.313 e. The first-order valence-electron chi connectivity index (χ1n) is 10.4. The quantitative estimate of drug-likeness (QED) is 0.536. The Labute approximate surface area is 185 Å². The fourth-order valence-electron chi connectivity index (χ4n) is 3.61. The summed E-state index contributed by atoms with van der Waals surface area (Å²) in [5.74, 6) is -0.935. The van der Waals surface area contributed by atoms with E-state index >= 15 is 0 Å². The lowest BCUT2D eigenvalue weighted by Gasteiger charge is -2.36. The fourth-order valence-corrected chi connectivity index (χ4v) is 3.61. The molecule has 0 spiro atoms. The van der Waals surface area contributed by atoms with Crippen LogP contribution in [-0.2, 0) is 16.0 Å². The molecule has 0 bridgehead atoms. The number of aromatic nitrogens is 1. The Morgan fingerprint density at radius 3 is 2.25 bits per heavy atom. The van der Waals surface area contributed by atoms with E-state index in [-0.39, 0.29) is 24.8 Å². The number of amides is 1. The molecule has 32 heavy (non-hydrogen) atoms. The summed E-state index contributed by atoms with van der Waals surface area (Å²) >= 11 is 0. The summed E-state index contributed by atoms with van der Waals surface area (Å²) in [5, 5.41) is 12.2. The summed E-state index contributed by atoms with van der Waals surface area (Å²) in [5.41, 5.74) is 2.41. The predicted molar refractivity (Wildman–Crippen MR) is 118 cm³/mol. The first-order valence-corrected chi connectivity index (χ1v) is 10.4. The third-order valence-corrected chi connectivity index (χ3v) is 5.78. The number of carboxylic acids is 1. The number of carbonyl (C=O) groups excluding carboxylic acids is 1. The number of aliphatic carboxylic acids is 1. The molecule has 3 aromatic rings. The molecular formula is C25H23FN2O4. The summed E-state index contributed by atoms with van der Waals surface area (Å²) in [6, 6.07) is 16.8. The van der Waals surface area contributed by atoms with Gasteiger partial charge in [0, 0.05) is 23.5 Å². The van der Waals surface area contributed by atoms with Crippen molar-refractivity contribution in [2.24, 2.45) is 5.41 Å². The van der Waals surface area contributed by atoms with E-state index in [1.807, 2.05) is 18.2 Å². The van der Waals surface area contributed by atoms with Crippen LogP contribution in [0.5, 0.6) is 5.88 Å². The summed E-state index contributed by atoms with van der Waals surface area (Å²) in [6.07, 6.45) is 4.01. The first kappa shape index (κ1) is 21.5. The van der Waals surface area contributed by atoms with E-state index in [0.29, 0.717) is 24.4 Å². The summed E-state index contributed by atoms with van der Waals surface area (Å²) in [6.45, 7) is 0.126. The Bertz CT molecular complexity index is 1090. The Hall–Kier alpha value is -3.74. The average molecular weight is 434 g/mol. The molecule has 4 rings (SSSR count). The Balaban J connectivity index is 1.32. The third kappa shape index (κ3) is 4.94. The SMILES string of the molecule is O=C(Cc1ccc(F)cc1)Nc1ccc(-c2ccc(OCC3(C(=O)O)CCC3)nc2)cc1. The number of anilines is 1. The van der Waals surface area contributed by atoms with Crippen molar-refractivity contribution in [2.45, 2.75) is 25.7 Å². The average Bonchev–Trinajstić information content (AvgIpc) is 2.75. The van der Waals surface area contributed by atoms with Crippen molar-refractivity contribution in [1.82, 2.24) is 4.98 Å². The van der Waals surface area contributed by atoms with Crippen molar-refractivity contribution in [3.63, 3.8) is 0 Å². The highest BCUT2D eigenvalue weighted by Gasteiger charge is 2.45. The molecule has 6 nitrogen and oxygen atoms in total. The Kier molecular flexibility index (Phi) is 6.16. The van der Waals surface area contributed by atoms with Crippen LogP contribution in [-0.4, -0.2) is 28.6 Å². The van der Waals surface area contributed by atoms with Gasteiger partial charge in [-0.25, -0.2) is 9.37 Å². The van der Waals surface area contributed by atoms with Gasteiger partial charge in [-0.1, -0.05) is 30.7 Å². The van der Waals surface area contributed by atoms with Crippen LogP contribution >= 0.6 is 0 Å². The van der Waals surface area contributed by atoms with Gasteiger partial charge in [-0.05, 0) is 54.3 Å². The van der Waals surface area contributed by atoms with E-state index in [2.05, 4.69) is 10.3 Å². The van der Waals surface area contributed by atoms with E-state index in [0.717, 1.165) is 23.1 Å². The molecule has 0 radical (unpaired) electrons. The van der Waals surface area contributed by atoms with E-state index in [1.54, 1.807) is 36.5 Å². The molecule has 0 aliphatic heterocycles. The van der Waals surface area contributed by atoms with Gasteiger partial charge in [-0.15, -0.1) is 0 Å². The van der Waals surface area contributed by atoms with Gasteiger partial charge >= 0.3 is 5.97 Å². The number of benzene rings is 2. The second kappa shape index (κ2) is 9.18. The van der Waals surface area contributed by atoms with E-state index in [4.69, 9.17) is 4.74 Å². The van der Waals surface area contributed by atoms with Gasteiger partial charge < -0.3 is 15.2 Å². The van der Waals surface area contributed by atoms with Crippen LogP contribution in [0.15, 0.2) is 66.9 Å². The number of nitrogens with one attached hydrogen (secondary N) is 1. The Morgan fingerprint density at radius 1 is 1.00 bits per heavy atom. The lowest BCUT2D eigenvalue weighted by Crippen LogP contribution is -2.43. The zero-order valence-electron chi connectivity index (χ0n) is 17.4. The topological polar surface area (TPSA) is 88.5 Å². The Morgan fingerprint density at radius 2 is 1.69 bits per heavy atom. The smallest absolute Gasteiger partial charge is 0.313 e. The van der Waals surface area contributed by atoms with Gasteiger partial charge in [0.05, 0.1) is 6.42 Å². The molecule has 1 saturated carbocycles. The first-order chi connectivity index (χ1) is 15.4. The second-order valence-electron chi connectivity index (χ2n) is 8.04. The molecule has 1 fully saturated rings. The number of carbonyl (C=O) groups is 2.